The molecule has 13 heteroatoms. The first-order chi connectivity index (χ1) is 20.0. The average molecular weight is 583 g/mol. The number of rotatable bonds is 6. The van der Waals surface area contributed by atoms with Crippen LogP contribution in [0.1, 0.15) is 46.3 Å². The molecule has 0 atom stereocenters. The third kappa shape index (κ3) is 5.20. The summed E-state index contributed by atoms with van der Waals surface area (Å²) in [4.78, 5) is 30.2. The summed E-state index contributed by atoms with van der Waals surface area (Å²) in [6.45, 7) is 2.21. The van der Waals surface area contributed by atoms with Crippen LogP contribution in [0.4, 0.5) is 24.8 Å². The lowest BCUT2D eigenvalue weighted by atomic mass is 9.85. The predicted octanol–water partition coefficient (Wildman–Crippen LogP) is 5.21. The van der Waals surface area contributed by atoms with Gasteiger partial charge in [-0.15, -0.1) is 0 Å². The van der Waals surface area contributed by atoms with Crippen molar-refractivity contribution in [2.45, 2.75) is 37.6 Å². The SMILES string of the molecule is COc1cc(C2=NOC3(CCN(C)CC3)C2)ccc1Nc1ncc(C(F)(F)F)c(Oc2cccc3c2C(=O)N(C)C3)n1. The van der Waals surface area contributed by atoms with Crippen molar-refractivity contribution >= 4 is 23.3 Å². The van der Waals surface area contributed by atoms with E-state index in [-0.39, 0.29) is 28.8 Å². The van der Waals surface area contributed by atoms with Gasteiger partial charge in [0, 0.05) is 57.7 Å². The van der Waals surface area contributed by atoms with Gasteiger partial charge in [-0.05, 0) is 30.8 Å². The van der Waals surface area contributed by atoms with E-state index in [1.54, 1.807) is 31.3 Å². The van der Waals surface area contributed by atoms with E-state index < -0.39 is 17.6 Å². The molecule has 1 spiro atoms. The first kappa shape index (κ1) is 27.8. The van der Waals surface area contributed by atoms with Crippen molar-refractivity contribution in [3.8, 4) is 17.4 Å². The summed E-state index contributed by atoms with van der Waals surface area (Å²) in [6.07, 6.45) is -1.68. The van der Waals surface area contributed by atoms with E-state index in [2.05, 4.69) is 32.4 Å². The lowest BCUT2D eigenvalue weighted by Gasteiger charge is -2.35. The Labute approximate surface area is 240 Å². The summed E-state index contributed by atoms with van der Waals surface area (Å²) in [5, 5.41) is 7.29. The van der Waals surface area contributed by atoms with E-state index in [0.29, 0.717) is 36.2 Å². The quantitative estimate of drug-likeness (QED) is 0.423. The smallest absolute Gasteiger partial charge is 0.423 e. The molecular formula is C29H29F3N6O4. The number of amides is 1. The van der Waals surface area contributed by atoms with Gasteiger partial charge in [-0.3, -0.25) is 4.79 Å². The minimum Gasteiger partial charge on any atom is -0.495 e. The maximum Gasteiger partial charge on any atom is 0.423 e. The van der Waals surface area contributed by atoms with Gasteiger partial charge in [0.05, 0.1) is 24.1 Å². The van der Waals surface area contributed by atoms with Crippen LogP contribution in [-0.2, 0) is 17.6 Å². The predicted molar refractivity (Wildman–Crippen MR) is 147 cm³/mol. The molecule has 0 radical (unpaired) electrons. The molecule has 0 saturated carbocycles. The second-order valence-corrected chi connectivity index (χ2v) is 10.8. The van der Waals surface area contributed by atoms with Crippen LogP contribution >= 0.6 is 0 Å². The number of methoxy groups -OCH3 is 1. The van der Waals surface area contributed by atoms with Crippen LogP contribution in [0.5, 0.6) is 17.4 Å². The van der Waals surface area contributed by atoms with Gasteiger partial charge in [0.15, 0.2) is 0 Å². The molecule has 3 aromatic rings. The second-order valence-electron chi connectivity index (χ2n) is 10.8. The molecule has 1 aromatic heterocycles. The van der Waals surface area contributed by atoms with Gasteiger partial charge < -0.3 is 29.4 Å². The number of nitrogens with zero attached hydrogens (tertiary/aromatic N) is 5. The number of likely N-dealkylation sites (tertiary alicyclic amines) is 1. The van der Waals surface area contributed by atoms with Crippen molar-refractivity contribution in [1.82, 2.24) is 19.8 Å². The van der Waals surface area contributed by atoms with Crippen molar-refractivity contribution in [2.24, 2.45) is 5.16 Å². The zero-order chi connectivity index (χ0) is 29.6. The molecule has 220 valence electrons. The number of carbonyl (C=O) groups excluding carboxylic acids is 1. The number of carbonyl (C=O) groups is 1. The fourth-order valence-electron chi connectivity index (χ4n) is 5.42. The molecule has 0 bridgehead atoms. The summed E-state index contributed by atoms with van der Waals surface area (Å²) in [6, 6.07) is 10.1. The van der Waals surface area contributed by atoms with Crippen LogP contribution in [0.2, 0.25) is 0 Å². The lowest BCUT2D eigenvalue weighted by Crippen LogP contribution is -2.42. The Morgan fingerprint density at radius 2 is 1.88 bits per heavy atom. The van der Waals surface area contributed by atoms with Crippen LogP contribution in [0.25, 0.3) is 0 Å². The van der Waals surface area contributed by atoms with E-state index in [0.717, 1.165) is 37.2 Å². The zero-order valence-electron chi connectivity index (χ0n) is 23.3. The number of hydrogen-bond acceptors (Lipinski definition) is 9. The number of oxime groups is 1. The minimum absolute atomic E-state index is 0.0131. The number of aromatic nitrogens is 2. The topological polar surface area (TPSA) is 101 Å². The maximum absolute atomic E-state index is 13.9. The Morgan fingerprint density at radius 3 is 2.62 bits per heavy atom. The fourth-order valence-corrected chi connectivity index (χ4v) is 5.42. The number of alkyl halides is 3. The summed E-state index contributed by atoms with van der Waals surface area (Å²) in [5.41, 5.74) is 1.45. The fraction of sp³-hybridized carbons (Fsp3) is 0.379. The van der Waals surface area contributed by atoms with Gasteiger partial charge in [0.25, 0.3) is 5.91 Å². The van der Waals surface area contributed by atoms with Crippen LogP contribution in [0.3, 0.4) is 0 Å². The number of ether oxygens (including phenoxy) is 2. The molecule has 3 aliphatic heterocycles. The monoisotopic (exact) mass is 582 g/mol. The van der Waals surface area contributed by atoms with Crippen molar-refractivity contribution in [3.63, 3.8) is 0 Å². The third-order valence-corrected chi connectivity index (χ3v) is 7.87. The standard InChI is InChI=1S/C29H29F3N6O4/c1-37-11-9-28(10-12-37)14-21(36-42-28)17-7-8-20(23(13-17)40-3)34-27-33-15-19(29(30,31)32)25(35-27)41-22-6-4-5-18-16-38(2)26(39)24(18)22/h4-8,13,15H,9-12,14,16H2,1-3H3,(H,33,34,35). The van der Waals surface area contributed by atoms with Crippen molar-refractivity contribution in [2.75, 3.05) is 39.6 Å². The molecule has 6 rings (SSSR count). The minimum atomic E-state index is -4.79. The zero-order valence-corrected chi connectivity index (χ0v) is 23.3. The van der Waals surface area contributed by atoms with E-state index in [1.807, 2.05) is 6.07 Å². The molecule has 0 aliphatic carbocycles. The molecule has 4 heterocycles. The summed E-state index contributed by atoms with van der Waals surface area (Å²) in [5.74, 6) is -0.814. The molecule has 0 unspecified atom stereocenters. The summed E-state index contributed by atoms with van der Waals surface area (Å²) < 4.78 is 52.9. The summed E-state index contributed by atoms with van der Waals surface area (Å²) >= 11 is 0. The van der Waals surface area contributed by atoms with Gasteiger partial charge in [-0.2, -0.15) is 18.2 Å². The maximum atomic E-state index is 13.9. The number of fused-ring (bicyclic) bond motifs is 1. The highest BCUT2D eigenvalue weighted by Crippen LogP contribution is 2.41. The van der Waals surface area contributed by atoms with E-state index in [1.165, 1.54) is 18.1 Å². The Morgan fingerprint density at radius 1 is 1.10 bits per heavy atom. The second kappa shape index (κ2) is 10.5. The molecule has 3 aliphatic rings. The molecule has 1 amide bonds. The number of anilines is 2. The highest BCUT2D eigenvalue weighted by atomic mass is 19.4. The lowest BCUT2D eigenvalue weighted by molar-refractivity contribution is -0.139. The van der Waals surface area contributed by atoms with Crippen LogP contribution in [0, 0.1) is 0 Å². The van der Waals surface area contributed by atoms with Crippen LogP contribution in [-0.4, -0.2) is 71.3 Å². The number of benzene rings is 2. The first-order valence-corrected chi connectivity index (χ1v) is 13.4. The Balaban J connectivity index is 1.26. The van der Waals surface area contributed by atoms with E-state index >= 15 is 0 Å². The highest BCUT2D eigenvalue weighted by Gasteiger charge is 2.42. The van der Waals surface area contributed by atoms with Crippen molar-refractivity contribution in [1.29, 1.82) is 0 Å². The van der Waals surface area contributed by atoms with Crippen LogP contribution in [0.15, 0.2) is 47.8 Å². The van der Waals surface area contributed by atoms with Gasteiger partial charge in [-0.25, -0.2) is 4.98 Å². The number of hydrogen-bond donors (Lipinski definition) is 1. The molecule has 1 N–H and O–H groups in total. The molecular weight excluding hydrogens is 553 g/mol. The Kier molecular flexibility index (Phi) is 6.92. The van der Waals surface area contributed by atoms with Crippen molar-refractivity contribution < 1.29 is 32.3 Å². The largest absolute Gasteiger partial charge is 0.495 e. The first-order valence-electron chi connectivity index (χ1n) is 13.4. The third-order valence-electron chi connectivity index (χ3n) is 7.87. The number of halogens is 3. The highest BCUT2D eigenvalue weighted by molar-refractivity contribution is 6.02. The van der Waals surface area contributed by atoms with Gasteiger partial charge in [-0.1, -0.05) is 23.4 Å². The van der Waals surface area contributed by atoms with Crippen molar-refractivity contribution in [3.05, 3.63) is 64.8 Å². The molecule has 1 fully saturated rings. The number of nitrogens with one attached hydrogen (secondary N) is 1. The summed E-state index contributed by atoms with van der Waals surface area (Å²) in [7, 11) is 5.18. The molecule has 10 nitrogen and oxygen atoms in total. The Bertz CT molecular complexity index is 1570. The van der Waals surface area contributed by atoms with Crippen LogP contribution < -0.4 is 14.8 Å². The molecule has 2 aromatic carbocycles. The van der Waals surface area contributed by atoms with Gasteiger partial charge >= 0.3 is 6.18 Å². The normalized spacial score (nSPS) is 18.1. The Hall–Kier alpha value is -4.39. The molecule has 42 heavy (non-hydrogen) atoms. The van der Waals surface area contributed by atoms with E-state index in [4.69, 9.17) is 14.3 Å². The number of piperidine rings is 1. The van der Waals surface area contributed by atoms with E-state index in [9.17, 15) is 18.0 Å². The van der Waals surface area contributed by atoms with Gasteiger partial charge in [0.1, 0.15) is 22.7 Å². The van der Waals surface area contributed by atoms with Gasteiger partial charge in [0.2, 0.25) is 11.8 Å². The molecule has 1 saturated heterocycles. The average Bonchev–Trinajstić information content (AvgIpc) is 3.51.